The molecule has 1 aromatic heterocycles. The minimum atomic E-state index is -0.292. The molecule has 1 atom stereocenters. The highest BCUT2D eigenvalue weighted by atomic mass is 32.1. The normalized spacial score (nSPS) is 12.7. The van der Waals surface area contributed by atoms with E-state index in [0.29, 0.717) is 17.1 Å². The number of carbonyl (C=O) groups excluding carboxylic acids is 3. The number of anilines is 1. The second kappa shape index (κ2) is 8.99. The summed E-state index contributed by atoms with van der Waals surface area (Å²) in [6.07, 6.45) is 2.21. The first-order chi connectivity index (χ1) is 10.9. The largest absolute Gasteiger partial charge is 0.350 e. The van der Waals surface area contributed by atoms with E-state index >= 15 is 0 Å². The zero-order valence-corrected chi connectivity index (χ0v) is 14.4. The Balaban J connectivity index is 2.81. The van der Waals surface area contributed by atoms with E-state index < -0.39 is 0 Å². The van der Waals surface area contributed by atoms with Crippen molar-refractivity contribution < 1.29 is 14.4 Å². The number of nitrogens with zero attached hydrogens (tertiary/aromatic N) is 3. The molecule has 0 aliphatic carbocycles. The summed E-state index contributed by atoms with van der Waals surface area (Å²) in [6, 6.07) is -0.267. The van der Waals surface area contributed by atoms with Crippen LogP contribution in [-0.4, -0.2) is 53.0 Å². The summed E-state index contributed by atoms with van der Waals surface area (Å²) < 4.78 is 0. The van der Waals surface area contributed by atoms with Gasteiger partial charge < -0.3 is 10.2 Å². The lowest BCUT2D eigenvalue weighted by Crippen LogP contribution is -2.43. The third-order valence-electron chi connectivity index (χ3n) is 3.22. The van der Waals surface area contributed by atoms with Crippen LogP contribution in [0.3, 0.4) is 0 Å². The van der Waals surface area contributed by atoms with Gasteiger partial charge in [0.2, 0.25) is 17.4 Å². The maximum atomic E-state index is 12.1. The van der Waals surface area contributed by atoms with Gasteiger partial charge in [0.1, 0.15) is 5.51 Å². The fourth-order valence-electron chi connectivity index (χ4n) is 1.93. The first-order valence-corrected chi connectivity index (χ1v) is 7.93. The zero-order chi connectivity index (χ0) is 17.4. The lowest BCUT2D eigenvalue weighted by molar-refractivity contribution is -0.132. The van der Waals surface area contributed by atoms with Gasteiger partial charge in [0, 0.05) is 12.6 Å². The second-order valence-corrected chi connectivity index (χ2v) is 6.12. The van der Waals surface area contributed by atoms with Gasteiger partial charge >= 0.3 is 0 Å². The van der Waals surface area contributed by atoms with Crippen molar-refractivity contribution in [1.29, 1.82) is 0 Å². The minimum Gasteiger partial charge on any atom is -0.350 e. The van der Waals surface area contributed by atoms with E-state index in [2.05, 4.69) is 20.8 Å². The summed E-state index contributed by atoms with van der Waals surface area (Å²) >= 11 is 1.23. The summed E-state index contributed by atoms with van der Waals surface area (Å²) in [5.74, 6) is -0.423. The Morgan fingerprint density at radius 2 is 2.13 bits per heavy atom. The summed E-state index contributed by atoms with van der Waals surface area (Å²) in [6.45, 7) is 5.50. The summed E-state index contributed by atoms with van der Waals surface area (Å²) in [7, 11) is 1.64. The van der Waals surface area contributed by atoms with Gasteiger partial charge in [-0.05, 0) is 12.8 Å². The highest BCUT2D eigenvalue weighted by molar-refractivity contribution is 7.13. The van der Waals surface area contributed by atoms with Crippen molar-refractivity contribution in [3.63, 3.8) is 0 Å². The van der Waals surface area contributed by atoms with Crippen LogP contribution in [0.2, 0.25) is 0 Å². The molecule has 0 aliphatic rings. The van der Waals surface area contributed by atoms with Crippen molar-refractivity contribution in [3.05, 3.63) is 17.2 Å². The average molecular weight is 339 g/mol. The van der Waals surface area contributed by atoms with Crippen LogP contribution in [0.1, 0.15) is 20.8 Å². The molecule has 23 heavy (non-hydrogen) atoms. The molecule has 3 amide bonds. The van der Waals surface area contributed by atoms with E-state index in [1.165, 1.54) is 21.7 Å². The Morgan fingerprint density at radius 3 is 2.65 bits per heavy atom. The molecule has 0 fully saturated rings. The van der Waals surface area contributed by atoms with Crippen molar-refractivity contribution in [2.75, 3.05) is 18.9 Å². The maximum absolute atomic E-state index is 12.1. The second-order valence-electron chi connectivity index (χ2n) is 5.29. The lowest BCUT2D eigenvalue weighted by Gasteiger charge is -2.29. The van der Waals surface area contributed by atoms with Gasteiger partial charge in [-0.15, -0.1) is 10.2 Å². The molecule has 8 nitrogen and oxygen atoms in total. The number of hydrogen-bond donors (Lipinski definition) is 2. The van der Waals surface area contributed by atoms with Crippen molar-refractivity contribution in [2.45, 2.75) is 26.8 Å². The van der Waals surface area contributed by atoms with Gasteiger partial charge in [-0.1, -0.05) is 31.3 Å². The summed E-state index contributed by atoms with van der Waals surface area (Å²) in [4.78, 5) is 36.0. The Hall–Kier alpha value is -2.29. The summed E-state index contributed by atoms with van der Waals surface area (Å²) in [5.41, 5.74) is 2.00. The Kier molecular flexibility index (Phi) is 7.33. The molecule has 1 aromatic rings. The van der Waals surface area contributed by atoms with Crippen LogP contribution in [0.15, 0.2) is 17.2 Å². The van der Waals surface area contributed by atoms with E-state index in [0.717, 1.165) is 0 Å². The van der Waals surface area contributed by atoms with Crippen LogP contribution < -0.4 is 10.6 Å². The average Bonchev–Trinajstić information content (AvgIpc) is 3.01. The molecule has 0 unspecified atom stereocenters. The van der Waals surface area contributed by atoms with E-state index in [-0.39, 0.29) is 30.3 Å². The molecule has 0 spiro atoms. The number of hydrogen-bond acceptors (Lipinski definition) is 6. The van der Waals surface area contributed by atoms with Gasteiger partial charge in [-0.2, -0.15) is 0 Å². The highest BCUT2D eigenvalue weighted by Crippen LogP contribution is 2.15. The number of amides is 3. The molecular weight excluding hydrogens is 318 g/mol. The molecule has 0 aromatic carbocycles. The molecule has 0 bridgehead atoms. The molecule has 0 radical (unpaired) electrons. The molecule has 9 heteroatoms. The number of nitrogens with one attached hydrogen (secondary N) is 2. The van der Waals surface area contributed by atoms with E-state index in [1.54, 1.807) is 20.0 Å². The van der Waals surface area contributed by atoms with Gasteiger partial charge in [-0.3, -0.25) is 19.7 Å². The Morgan fingerprint density at radius 1 is 1.43 bits per heavy atom. The van der Waals surface area contributed by atoms with E-state index in [1.807, 2.05) is 13.8 Å². The predicted octanol–water partition coefficient (Wildman–Crippen LogP) is 0.652. The third kappa shape index (κ3) is 5.78. The van der Waals surface area contributed by atoms with Gasteiger partial charge in [0.15, 0.2) is 0 Å². The van der Waals surface area contributed by atoms with Crippen LogP contribution in [0.4, 0.5) is 5.13 Å². The van der Waals surface area contributed by atoms with Gasteiger partial charge in [0.05, 0.1) is 12.6 Å². The zero-order valence-electron chi connectivity index (χ0n) is 13.6. The van der Waals surface area contributed by atoms with Gasteiger partial charge in [-0.25, -0.2) is 0 Å². The molecule has 1 rings (SSSR count). The SMILES string of the molecule is C/C(=C\[C@H](C(C)C)N(C)C(=O)CNC=O)C(=O)Nc1nncs1. The smallest absolute Gasteiger partial charge is 0.252 e. The van der Waals surface area contributed by atoms with Crippen molar-refractivity contribution in [1.82, 2.24) is 20.4 Å². The first-order valence-electron chi connectivity index (χ1n) is 7.05. The molecule has 1 heterocycles. The molecule has 126 valence electrons. The monoisotopic (exact) mass is 339 g/mol. The highest BCUT2D eigenvalue weighted by Gasteiger charge is 2.22. The van der Waals surface area contributed by atoms with Crippen LogP contribution in [0.25, 0.3) is 0 Å². The Bertz CT molecular complexity index is 571. The standard InChI is InChI=1S/C14H21N5O3S/c1-9(2)11(19(4)12(21)6-15-7-20)5-10(3)13(22)17-14-18-16-8-23-14/h5,7-9,11H,6H2,1-4H3,(H,15,20)(H,17,18,22)/b10-5+/t11-/m1/s1. The fraction of sp³-hybridized carbons (Fsp3) is 0.500. The topological polar surface area (TPSA) is 104 Å². The lowest BCUT2D eigenvalue weighted by atomic mass is 10.00. The molecule has 0 saturated carbocycles. The first kappa shape index (κ1) is 18.8. The molecular formula is C14H21N5O3S. The number of aromatic nitrogens is 2. The molecule has 0 aliphatic heterocycles. The number of carbonyl (C=O) groups is 3. The van der Waals surface area contributed by atoms with E-state index in [9.17, 15) is 14.4 Å². The van der Waals surface area contributed by atoms with Gasteiger partial charge in [0.25, 0.3) is 5.91 Å². The third-order valence-corrected chi connectivity index (χ3v) is 3.83. The predicted molar refractivity (Wildman–Crippen MR) is 87.8 cm³/mol. The van der Waals surface area contributed by atoms with Crippen LogP contribution in [0, 0.1) is 5.92 Å². The van der Waals surface area contributed by atoms with Crippen LogP contribution in [-0.2, 0) is 14.4 Å². The fourth-order valence-corrected chi connectivity index (χ4v) is 2.37. The van der Waals surface area contributed by atoms with Crippen molar-refractivity contribution in [2.24, 2.45) is 5.92 Å². The van der Waals surface area contributed by atoms with Crippen LogP contribution in [0.5, 0.6) is 0 Å². The van der Waals surface area contributed by atoms with Crippen molar-refractivity contribution >= 4 is 34.7 Å². The van der Waals surface area contributed by atoms with Crippen molar-refractivity contribution in [3.8, 4) is 0 Å². The minimum absolute atomic E-state index is 0.0763. The quantitative estimate of drug-likeness (QED) is 0.534. The maximum Gasteiger partial charge on any atom is 0.252 e. The molecule has 0 saturated heterocycles. The van der Waals surface area contributed by atoms with Crippen LogP contribution >= 0.6 is 11.3 Å². The van der Waals surface area contributed by atoms with E-state index in [4.69, 9.17) is 0 Å². The number of rotatable bonds is 8. The number of likely N-dealkylation sites (N-methyl/N-ethyl adjacent to an activating group) is 1. The summed E-state index contributed by atoms with van der Waals surface area (Å²) in [5, 5.41) is 12.8. The Labute approximate surface area is 139 Å². The molecule has 2 N–H and O–H groups in total.